The first kappa shape index (κ1) is 21.6. The van der Waals surface area contributed by atoms with Crippen LogP contribution in [0.5, 0.6) is 5.75 Å². The molecule has 0 spiro atoms. The molecule has 0 unspecified atom stereocenters. The third kappa shape index (κ3) is 5.35. The van der Waals surface area contributed by atoms with Crippen molar-refractivity contribution in [3.63, 3.8) is 0 Å². The second-order valence-corrected chi connectivity index (χ2v) is 6.89. The molecule has 0 saturated heterocycles. The van der Waals surface area contributed by atoms with Crippen molar-refractivity contribution >= 4 is 28.3 Å². The van der Waals surface area contributed by atoms with E-state index in [9.17, 15) is 13.2 Å². The van der Waals surface area contributed by atoms with E-state index in [-0.39, 0.29) is 35.2 Å². The van der Waals surface area contributed by atoms with E-state index in [2.05, 4.69) is 4.72 Å². The number of ether oxygens (including phenoxy) is 1. The Morgan fingerprint density at radius 1 is 1.30 bits per heavy atom. The van der Waals surface area contributed by atoms with Gasteiger partial charge in [-0.1, -0.05) is 13.8 Å². The van der Waals surface area contributed by atoms with Gasteiger partial charge in [0.2, 0.25) is 10.0 Å². The van der Waals surface area contributed by atoms with Gasteiger partial charge in [-0.3, -0.25) is 4.79 Å². The molecule has 1 amide bonds. The minimum Gasteiger partial charge on any atom is -0.496 e. The minimum absolute atomic E-state index is 0. The Morgan fingerprint density at radius 3 is 2.30 bits per heavy atom. The molecule has 0 saturated carbocycles. The number of primary amides is 1. The predicted octanol–water partition coefficient (Wildman–Crippen LogP) is 1.01. The summed E-state index contributed by atoms with van der Waals surface area (Å²) in [6, 6.07) is 3.94. The summed E-state index contributed by atoms with van der Waals surface area (Å²) in [4.78, 5) is 11.3. The van der Waals surface area contributed by atoms with Gasteiger partial charge < -0.3 is 16.2 Å². The smallest absolute Gasteiger partial charge is 0.252 e. The van der Waals surface area contributed by atoms with Crippen molar-refractivity contribution in [1.82, 2.24) is 4.72 Å². The molecule has 7 nitrogen and oxygen atoms in total. The zero-order valence-electron chi connectivity index (χ0n) is 13.5. The topological polar surface area (TPSA) is 125 Å². The van der Waals surface area contributed by atoms with Crippen LogP contribution in [0, 0.1) is 0 Å². The number of rotatable bonds is 8. The average molecular weight is 366 g/mol. The summed E-state index contributed by atoms with van der Waals surface area (Å²) in [5, 5.41) is 0. The van der Waals surface area contributed by atoms with Crippen molar-refractivity contribution in [2.24, 2.45) is 11.5 Å². The summed E-state index contributed by atoms with van der Waals surface area (Å²) in [5.41, 5.74) is 10.7. The van der Waals surface area contributed by atoms with Crippen LogP contribution in [-0.2, 0) is 10.0 Å². The summed E-state index contributed by atoms with van der Waals surface area (Å²) < 4.78 is 32.1. The Labute approximate surface area is 143 Å². The molecule has 0 aliphatic rings. The van der Waals surface area contributed by atoms with Crippen molar-refractivity contribution in [3.05, 3.63) is 23.8 Å². The van der Waals surface area contributed by atoms with E-state index in [1.54, 1.807) is 0 Å². The van der Waals surface area contributed by atoms with Gasteiger partial charge in [-0.05, 0) is 31.0 Å². The third-order valence-corrected chi connectivity index (χ3v) is 5.17. The molecule has 0 fully saturated rings. The summed E-state index contributed by atoms with van der Waals surface area (Å²) >= 11 is 0. The van der Waals surface area contributed by atoms with Gasteiger partial charge in [-0.2, -0.15) is 0 Å². The lowest BCUT2D eigenvalue weighted by atomic mass is 9.95. The zero-order chi connectivity index (χ0) is 17.0. The fraction of sp³-hybridized carbons (Fsp3) is 0.500. The number of halogens is 1. The van der Waals surface area contributed by atoms with Gasteiger partial charge in [0.25, 0.3) is 5.91 Å². The highest BCUT2D eigenvalue weighted by Crippen LogP contribution is 2.22. The van der Waals surface area contributed by atoms with E-state index in [4.69, 9.17) is 16.2 Å². The second kappa shape index (κ2) is 8.49. The third-order valence-electron chi connectivity index (χ3n) is 3.77. The van der Waals surface area contributed by atoms with Gasteiger partial charge >= 0.3 is 0 Å². The van der Waals surface area contributed by atoms with Crippen molar-refractivity contribution in [3.8, 4) is 5.75 Å². The van der Waals surface area contributed by atoms with Gasteiger partial charge in [-0.25, -0.2) is 13.1 Å². The minimum atomic E-state index is -3.79. The monoisotopic (exact) mass is 365 g/mol. The number of amides is 1. The number of nitrogens with one attached hydrogen (secondary N) is 1. The standard InChI is InChI=1S/C14H23N3O4S.ClH/c1-4-14(16,5-2)9-17-22(19,20)10-6-7-12(21-3)11(8-10)13(15)18;/h6-8,17H,4-5,9,16H2,1-3H3,(H2,15,18);1H. The number of sulfonamides is 1. The first-order valence-corrected chi connectivity index (χ1v) is 8.44. The van der Waals surface area contributed by atoms with E-state index in [0.717, 1.165) is 0 Å². The predicted molar refractivity (Wildman–Crippen MR) is 91.4 cm³/mol. The van der Waals surface area contributed by atoms with E-state index in [1.165, 1.54) is 25.3 Å². The summed E-state index contributed by atoms with van der Waals surface area (Å²) in [6.07, 6.45) is 1.28. The number of methoxy groups -OCH3 is 1. The largest absolute Gasteiger partial charge is 0.496 e. The van der Waals surface area contributed by atoms with Crippen LogP contribution in [0.3, 0.4) is 0 Å². The number of carbonyl (C=O) groups excluding carboxylic acids is 1. The van der Waals surface area contributed by atoms with Crippen LogP contribution in [0.2, 0.25) is 0 Å². The van der Waals surface area contributed by atoms with Gasteiger partial charge in [0, 0.05) is 12.1 Å². The van der Waals surface area contributed by atoms with Crippen molar-refractivity contribution < 1.29 is 17.9 Å². The highest BCUT2D eigenvalue weighted by atomic mass is 35.5. The maximum Gasteiger partial charge on any atom is 0.252 e. The Hall–Kier alpha value is -1.35. The number of hydrogen-bond donors (Lipinski definition) is 3. The molecule has 5 N–H and O–H groups in total. The quantitative estimate of drug-likeness (QED) is 0.634. The van der Waals surface area contributed by atoms with Gasteiger partial charge in [-0.15, -0.1) is 12.4 Å². The van der Waals surface area contributed by atoms with Gasteiger partial charge in [0.1, 0.15) is 5.75 Å². The highest BCUT2D eigenvalue weighted by Gasteiger charge is 2.25. The lowest BCUT2D eigenvalue weighted by Crippen LogP contribution is -2.49. The lowest BCUT2D eigenvalue weighted by Gasteiger charge is -2.26. The molecule has 0 heterocycles. The van der Waals surface area contributed by atoms with E-state index in [1.807, 2.05) is 13.8 Å². The fourth-order valence-electron chi connectivity index (χ4n) is 1.87. The lowest BCUT2D eigenvalue weighted by molar-refractivity contribution is 0.0997. The maximum atomic E-state index is 12.3. The number of hydrogen-bond acceptors (Lipinski definition) is 5. The Balaban J connectivity index is 0.00000484. The number of carbonyl (C=O) groups is 1. The molecule has 23 heavy (non-hydrogen) atoms. The first-order valence-electron chi connectivity index (χ1n) is 6.95. The molecule has 0 aromatic heterocycles. The molecule has 0 atom stereocenters. The SMILES string of the molecule is CCC(N)(CC)CNS(=O)(=O)c1ccc(OC)c(C(N)=O)c1.Cl. The van der Waals surface area contributed by atoms with Crippen LogP contribution in [-0.4, -0.2) is 33.5 Å². The molecular weight excluding hydrogens is 342 g/mol. The highest BCUT2D eigenvalue weighted by molar-refractivity contribution is 7.89. The Morgan fingerprint density at radius 2 is 1.87 bits per heavy atom. The molecule has 0 aliphatic carbocycles. The molecule has 9 heteroatoms. The van der Waals surface area contributed by atoms with E-state index >= 15 is 0 Å². The molecule has 1 aromatic rings. The summed E-state index contributed by atoms with van der Waals surface area (Å²) in [5.74, 6) is -0.536. The second-order valence-electron chi connectivity index (χ2n) is 5.12. The van der Waals surface area contributed by atoms with Crippen LogP contribution >= 0.6 is 12.4 Å². The zero-order valence-corrected chi connectivity index (χ0v) is 15.1. The van der Waals surface area contributed by atoms with Crippen molar-refractivity contribution in [2.75, 3.05) is 13.7 Å². The van der Waals surface area contributed by atoms with Crippen molar-refractivity contribution in [2.45, 2.75) is 37.1 Å². The fourth-order valence-corrected chi connectivity index (χ4v) is 3.03. The molecule has 0 bridgehead atoms. The van der Waals surface area contributed by atoms with E-state index < -0.39 is 21.5 Å². The molecule has 0 aliphatic heterocycles. The van der Waals surface area contributed by atoms with Crippen LogP contribution in [0.1, 0.15) is 37.0 Å². The Bertz CT molecular complexity index is 645. The number of benzene rings is 1. The van der Waals surface area contributed by atoms with Crippen LogP contribution in [0.15, 0.2) is 23.1 Å². The molecule has 1 rings (SSSR count). The van der Waals surface area contributed by atoms with Crippen LogP contribution in [0.4, 0.5) is 0 Å². The maximum absolute atomic E-state index is 12.3. The average Bonchev–Trinajstić information content (AvgIpc) is 2.51. The Kier molecular flexibility index (Phi) is 7.99. The van der Waals surface area contributed by atoms with Gasteiger partial charge in [0.15, 0.2) is 0 Å². The molecular formula is C14H24ClN3O4S. The van der Waals surface area contributed by atoms with Crippen LogP contribution in [0.25, 0.3) is 0 Å². The van der Waals surface area contributed by atoms with Crippen molar-refractivity contribution in [1.29, 1.82) is 0 Å². The number of nitrogens with two attached hydrogens (primary N) is 2. The first-order chi connectivity index (χ1) is 10.2. The molecule has 132 valence electrons. The molecule has 1 aromatic carbocycles. The summed E-state index contributed by atoms with van der Waals surface area (Å²) in [7, 11) is -2.41. The van der Waals surface area contributed by atoms with Gasteiger partial charge in [0.05, 0.1) is 17.6 Å². The summed E-state index contributed by atoms with van der Waals surface area (Å²) in [6.45, 7) is 3.91. The molecule has 0 radical (unpaired) electrons. The van der Waals surface area contributed by atoms with E-state index in [0.29, 0.717) is 12.8 Å². The normalized spacial score (nSPS) is 11.7. The van der Waals surface area contributed by atoms with Crippen LogP contribution < -0.4 is 20.9 Å².